The van der Waals surface area contributed by atoms with E-state index >= 15 is 0 Å². The molecule has 1 aromatic rings. The highest BCUT2D eigenvalue weighted by Crippen LogP contribution is 2.39. The number of nitrogens with zero attached hydrogens (tertiary/aromatic N) is 2. The highest BCUT2D eigenvalue weighted by Gasteiger charge is 2.49. The zero-order valence-electron chi connectivity index (χ0n) is 15.4. The van der Waals surface area contributed by atoms with Crippen molar-refractivity contribution in [3.05, 3.63) is 23.8 Å². The Bertz CT molecular complexity index is 786. The van der Waals surface area contributed by atoms with E-state index in [0.29, 0.717) is 6.54 Å². The van der Waals surface area contributed by atoms with Crippen molar-refractivity contribution in [1.29, 1.82) is 0 Å². The van der Waals surface area contributed by atoms with Crippen molar-refractivity contribution >= 4 is 33.8 Å². The maximum atomic E-state index is 12.3. The van der Waals surface area contributed by atoms with Gasteiger partial charge in [0.15, 0.2) is 0 Å². The van der Waals surface area contributed by atoms with Crippen molar-refractivity contribution < 1.29 is 13.8 Å². The Morgan fingerprint density at radius 3 is 2.67 bits per heavy atom. The Balaban J connectivity index is 1.15. The van der Waals surface area contributed by atoms with Crippen LogP contribution in [0.2, 0.25) is 0 Å². The number of amides is 2. The van der Waals surface area contributed by atoms with Gasteiger partial charge in [-0.3, -0.25) is 14.5 Å². The number of benzene rings is 1. The summed E-state index contributed by atoms with van der Waals surface area (Å²) < 4.78 is 12.0. The summed E-state index contributed by atoms with van der Waals surface area (Å²) in [5.74, 6) is 0.0581. The zero-order valence-corrected chi connectivity index (χ0v) is 16.2. The molecule has 2 fully saturated rings. The number of aliphatic imine (C=N–C) groups is 1. The zero-order chi connectivity index (χ0) is 18.8. The van der Waals surface area contributed by atoms with E-state index in [4.69, 9.17) is 0 Å². The molecule has 3 atom stereocenters. The average molecular weight is 388 g/mol. The van der Waals surface area contributed by atoms with Gasteiger partial charge in [-0.15, -0.1) is 0 Å². The highest BCUT2D eigenvalue weighted by atomic mass is 32.2. The molecule has 1 N–H and O–H groups in total. The quantitative estimate of drug-likeness (QED) is 0.548. The van der Waals surface area contributed by atoms with E-state index in [0.717, 1.165) is 67.8 Å². The van der Waals surface area contributed by atoms with E-state index in [1.54, 1.807) is 0 Å². The molecule has 0 spiro atoms. The van der Waals surface area contributed by atoms with Crippen molar-refractivity contribution in [2.45, 2.75) is 43.4 Å². The number of carbonyl (C=O) groups is 2. The van der Waals surface area contributed by atoms with Crippen molar-refractivity contribution in [1.82, 2.24) is 10.2 Å². The standard InChI is InChI=1S/C20H25N3O3S/c24-19-15-6-4-7-16(15)20(25)23(19)12-2-1-10-21-11-9-14-5-3-8-17-18(14)27(26)13-22-17/h3,5,8,13,15-16,21H,1-2,4,6-7,9-12H2. The molecular formula is C20H25N3O3S. The largest absolute Gasteiger partial charge is 0.316 e. The monoisotopic (exact) mass is 387 g/mol. The molecular weight excluding hydrogens is 362 g/mol. The molecule has 144 valence electrons. The van der Waals surface area contributed by atoms with Gasteiger partial charge in [0.2, 0.25) is 11.8 Å². The number of carbonyl (C=O) groups excluding carboxylic acids is 2. The Kier molecular flexibility index (Phi) is 5.50. The molecule has 1 saturated carbocycles. The molecule has 3 unspecified atom stereocenters. The minimum atomic E-state index is -1.12. The molecule has 1 aliphatic carbocycles. The Morgan fingerprint density at radius 2 is 1.89 bits per heavy atom. The summed E-state index contributed by atoms with van der Waals surface area (Å²) in [6.45, 7) is 2.20. The van der Waals surface area contributed by atoms with Crippen LogP contribution in [0.5, 0.6) is 0 Å². The lowest BCUT2D eigenvalue weighted by Gasteiger charge is -2.15. The number of rotatable bonds is 8. The maximum Gasteiger partial charge on any atom is 0.233 e. The summed E-state index contributed by atoms with van der Waals surface area (Å²) in [4.78, 5) is 31.1. The third kappa shape index (κ3) is 3.62. The van der Waals surface area contributed by atoms with Crippen LogP contribution in [0.15, 0.2) is 28.1 Å². The number of hydrogen-bond donors (Lipinski definition) is 1. The molecule has 27 heavy (non-hydrogen) atoms. The van der Waals surface area contributed by atoms with Crippen LogP contribution in [0, 0.1) is 11.8 Å². The third-order valence-corrected chi connectivity index (χ3v) is 6.97. The first-order valence-corrected chi connectivity index (χ1v) is 11.0. The number of fused-ring (bicyclic) bond motifs is 2. The van der Waals surface area contributed by atoms with E-state index < -0.39 is 10.8 Å². The smallest absolute Gasteiger partial charge is 0.233 e. The van der Waals surface area contributed by atoms with Crippen LogP contribution < -0.4 is 5.32 Å². The van der Waals surface area contributed by atoms with Crippen molar-refractivity contribution in [2.75, 3.05) is 19.6 Å². The average Bonchev–Trinajstić information content (AvgIpc) is 3.35. The van der Waals surface area contributed by atoms with Gasteiger partial charge in [0, 0.05) is 6.54 Å². The minimum absolute atomic E-state index is 0.0299. The second kappa shape index (κ2) is 8.02. The van der Waals surface area contributed by atoms with Crippen LogP contribution in [0.25, 0.3) is 0 Å². The number of hydrogen-bond acceptors (Lipinski definition) is 5. The van der Waals surface area contributed by atoms with Crippen molar-refractivity contribution in [3.63, 3.8) is 0 Å². The second-order valence-electron chi connectivity index (χ2n) is 7.48. The van der Waals surface area contributed by atoms with Gasteiger partial charge in [-0.25, -0.2) is 9.20 Å². The summed E-state index contributed by atoms with van der Waals surface area (Å²) in [6, 6.07) is 5.85. The van der Waals surface area contributed by atoms with Crippen LogP contribution in [0.3, 0.4) is 0 Å². The SMILES string of the molecule is O=C1C2CCCC2C(=O)N1CCCCNCCc1cccc2c1S(=O)C=N2. The molecule has 3 aliphatic rings. The summed E-state index contributed by atoms with van der Waals surface area (Å²) in [7, 11) is -1.12. The molecule has 4 rings (SSSR count). The van der Waals surface area contributed by atoms with Crippen LogP contribution in [-0.4, -0.2) is 46.1 Å². The summed E-state index contributed by atoms with van der Waals surface area (Å²) >= 11 is 0. The summed E-state index contributed by atoms with van der Waals surface area (Å²) in [6.07, 6.45) is 5.34. The topological polar surface area (TPSA) is 78.8 Å². The Morgan fingerprint density at radius 1 is 1.11 bits per heavy atom. The van der Waals surface area contributed by atoms with Gasteiger partial charge in [-0.1, -0.05) is 18.6 Å². The van der Waals surface area contributed by atoms with E-state index in [2.05, 4.69) is 10.3 Å². The lowest BCUT2D eigenvalue weighted by molar-refractivity contribution is -0.140. The molecule has 6 nitrogen and oxygen atoms in total. The van der Waals surface area contributed by atoms with Gasteiger partial charge in [0.1, 0.15) is 0 Å². The molecule has 0 bridgehead atoms. The van der Waals surface area contributed by atoms with Gasteiger partial charge in [0.05, 0.1) is 38.8 Å². The second-order valence-corrected chi connectivity index (χ2v) is 8.69. The highest BCUT2D eigenvalue weighted by molar-refractivity contribution is 7.99. The number of likely N-dealkylation sites (tertiary alicyclic amines) is 1. The van der Waals surface area contributed by atoms with Gasteiger partial charge < -0.3 is 5.32 Å². The lowest BCUT2D eigenvalue weighted by atomic mass is 10.00. The predicted octanol–water partition coefficient (Wildman–Crippen LogP) is 2.17. The van der Waals surface area contributed by atoms with Gasteiger partial charge in [-0.2, -0.15) is 0 Å². The van der Waals surface area contributed by atoms with Crippen LogP contribution in [-0.2, 0) is 26.8 Å². The fourth-order valence-electron chi connectivity index (χ4n) is 4.41. The molecule has 1 aromatic carbocycles. The summed E-state index contributed by atoms with van der Waals surface area (Å²) in [5.41, 5.74) is 3.39. The number of unbranched alkanes of at least 4 members (excludes halogenated alkanes) is 1. The molecule has 0 radical (unpaired) electrons. The van der Waals surface area contributed by atoms with Crippen LogP contribution >= 0.6 is 0 Å². The van der Waals surface area contributed by atoms with Crippen LogP contribution in [0.1, 0.15) is 37.7 Å². The lowest BCUT2D eigenvalue weighted by Crippen LogP contribution is -2.33. The molecule has 1 saturated heterocycles. The summed E-state index contributed by atoms with van der Waals surface area (Å²) in [5, 5.41) is 3.40. The van der Waals surface area contributed by atoms with Crippen LogP contribution in [0.4, 0.5) is 5.69 Å². The first kappa shape index (κ1) is 18.5. The fraction of sp³-hybridized carbons (Fsp3) is 0.550. The van der Waals surface area contributed by atoms with Crippen molar-refractivity contribution in [3.8, 4) is 0 Å². The van der Waals surface area contributed by atoms with Crippen molar-refractivity contribution in [2.24, 2.45) is 16.8 Å². The van der Waals surface area contributed by atoms with E-state index in [-0.39, 0.29) is 23.7 Å². The molecule has 0 aromatic heterocycles. The van der Waals surface area contributed by atoms with E-state index in [1.807, 2.05) is 18.2 Å². The predicted molar refractivity (Wildman–Crippen MR) is 104 cm³/mol. The van der Waals surface area contributed by atoms with Gasteiger partial charge in [0.25, 0.3) is 0 Å². The van der Waals surface area contributed by atoms with Gasteiger partial charge in [-0.05, 0) is 56.8 Å². The Hall–Kier alpha value is -1.86. The number of imide groups is 1. The fourth-order valence-corrected chi connectivity index (χ4v) is 5.48. The Labute approximate surface area is 161 Å². The molecule has 2 heterocycles. The van der Waals surface area contributed by atoms with Gasteiger partial charge >= 0.3 is 0 Å². The minimum Gasteiger partial charge on any atom is -0.316 e. The maximum absolute atomic E-state index is 12.3. The first-order chi connectivity index (χ1) is 13.2. The van der Waals surface area contributed by atoms with E-state index in [9.17, 15) is 13.8 Å². The molecule has 7 heteroatoms. The molecule has 2 aliphatic heterocycles. The third-order valence-electron chi connectivity index (χ3n) is 5.80. The first-order valence-electron chi connectivity index (χ1n) is 9.79. The number of nitrogens with one attached hydrogen (secondary N) is 1. The molecule has 2 amide bonds. The normalized spacial score (nSPS) is 26.1. The van der Waals surface area contributed by atoms with E-state index in [1.165, 1.54) is 10.4 Å².